The molecule has 0 aliphatic heterocycles. The Morgan fingerprint density at radius 3 is 2.21 bits per heavy atom. The van der Waals surface area contributed by atoms with Crippen LogP contribution in [0.1, 0.15) is 22.6 Å². The molecule has 1 N–H and O–H groups in total. The Balaban J connectivity index is 1.33. The van der Waals surface area contributed by atoms with Gasteiger partial charge in [-0.3, -0.25) is 4.90 Å². The Kier molecular flexibility index (Phi) is 5.57. The first kappa shape index (κ1) is 21.8. The number of hydrogen-bond donors (Lipinski definition) is 1. The van der Waals surface area contributed by atoms with E-state index in [-0.39, 0.29) is 18.9 Å². The van der Waals surface area contributed by atoms with Gasteiger partial charge >= 0.3 is 12.1 Å². The van der Waals surface area contributed by atoms with Crippen molar-refractivity contribution in [1.82, 2.24) is 9.47 Å². The molecule has 0 radical (unpaired) electrons. The van der Waals surface area contributed by atoms with Crippen molar-refractivity contribution in [3.8, 4) is 11.1 Å². The predicted octanol–water partition coefficient (Wildman–Crippen LogP) is 5.05. The van der Waals surface area contributed by atoms with Crippen LogP contribution in [0.5, 0.6) is 0 Å². The zero-order chi connectivity index (χ0) is 23.8. The summed E-state index contributed by atoms with van der Waals surface area (Å²) in [5.74, 6) is -1.14. The summed E-state index contributed by atoms with van der Waals surface area (Å²) in [4.78, 5) is 26.3. The quantitative estimate of drug-likeness (QED) is 0.442. The number of benzene rings is 3. The molecule has 1 unspecified atom stereocenters. The van der Waals surface area contributed by atoms with E-state index in [9.17, 15) is 14.7 Å². The van der Waals surface area contributed by atoms with E-state index in [1.165, 1.54) is 11.9 Å². The van der Waals surface area contributed by atoms with Crippen LogP contribution < -0.4 is 0 Å². The molecule has 6 nitrogen and oxygen atoms in total. The van der Waals surface area contributed by atoms with E-state index in [1.807, 2.05) is 66.3 Å². The molecule has 0 bridgehead atoms. The number of hydrogen-bond acceptors (Lipinski definition) is 3. The Morgan fingerprint density at radius 1 is 0.971 bits per heavy atom. The Bertz CT molecular complexity index is 1340. The third kappa shape index (κ3) is 3.71. The van der Waals surface area contributed by atoms with E-state index in [4.69, 9.17) is 4.74 Å². The van der Waals surface area contributed by atoms with Crippen LogP contribution in [0.4, 0.5) is 4.79 Å². The summed E-state index contributed by atoms with van der Waals surface area (Å²) in [6.07, 6.45) is 1.47. The molecule has 1 atom stereocenters. The fourth-order valence-electron chi connectivity index (χ4n) is 5.01. The molecule has 34 heavy (non-hydrogen) atoms. The molecule has 6 heteroatoms. The third-order valence-electron chi connectivity index (χ3n) is 6.77. The number of carboxylic acids is 1. The minimum absolute atomic E-state index is 0.0777. The van der Waals surface area contributed by atoms with Gasteiger partial charge in [0, 0.05) is 43.5 Å². The second-order valence-corrected chi connectivity index (χ2v) is 8.76. The van der Waals surface area contributed by atoms with Gasteiger partial charge in [-0.1, -0.05) is 66.7 Å². The van der Waals surface area contributed by atoms with Crippen LogP contribution >= 0.6 is 0 Å². The van der Waals surface area contributed by atoms with Crippen LogP contribution in [0.15, 0.2) is 79.0 Å². The highest BCUT2D eigenvalue weighted by molar-refractivity contribution is 5.86. The minimum Gasteiger partial charge on any atom is -0.480 e. The smallest absolute Gasteiger partial charge is 0.410 e. The molecule has 0 spiro atoms. The van der Waals surface area contributed by atoms with E-state index in [2.05, 4.69) is 24.3 Å². The van der Waals surface area contributed by atoms with Crippen molar-refractivity contribution in [2.24, 2.45) is 7.05 Å². The summed E-state index contributed by atoms with van der Waals surface area (Å²) in [5, 5.41) is 10.9. The number of carboxylic acid groups (broad SMARTS) is 1. The van der Waals surface area contributed by atoms with Crippen LogP contribution in [-0.4, -0.2) is 46.3 Å². The fourth-order valence-corrected chi connectivity index (χ4v) is 5.01. The maximum atomic E-state index is 13.0. The number of ether oxygens (including phenoxy) is 1. The van der Waals surface area contributed by atoms with Crippen LogP contribution in [-0.2, 0) is 23.0 Å². The molecular formula is C28H26N2O4. The third-order valence-corrected chi connectivity index (χ3v) is 6.77. The van der Waals surface area contributed by atoms with E-state index in [0.717, 1.165) is 38.7 Å². The van der Waals surface area contributed by atoms with Gasteiger partial charge in [0.05, 0.1) is 0 Å². The van der Waals surface area contributed by atoms with Crippen LogP contribution in [0.25, 0.3) is 22.0 Å². The van der Waals surface area contributed by atoms with Gasteiger partial charge in [0.25, 0.3) is 0 Å². The maximum absolute atomic E-state index is 13.0. The van der Waals surface area contributed by atoms with Crippen molar-refractivity contribution >= 4 is 23.0 Å². The molecule has 1 aliphatic rings. The average molecular weight is 455 g/mol. The molecule has 5 rings (SSSR count). The molecule has 0 saturated heterocycles. The molecule has 172 valence electrons. The minimum atomic E-state index is -1.07. The summed E-state index contributed by atoms with van der Waals surface area (Å²) in [6.45, 7) is 0.151. The SMILES string of the molecule is CN(C(=O)OCC1c2ccccc2-c2ccccc21)C(Cc1cn(C)c2ccccc12)C(=O)O. The van der Waals surface area contributed by atoms with E-state index in [0.29, 0.717) is 0 Å². The van der Waals surface area contributed by atoms with E-state index >= 15 is 0 Å². The lowest BCUT2D eigenvalue weighted by atomic mass is 9.98. The van der Waals surface area contributed by atoms with Gasteiger partial charge in [0.2, 0.25) is 0 Å². The summed E-state index contributed by atoms with van der Waals surface area (Å²) in [5.41, 5.74) is 6.42. The number of carbonyl (C=O) groups excluding carboxylic acids is 1. The van der Waals surface area contributed by atoms with Crippen molar-refractivity contribution in [3.05, 3.63) is 95.7 Å². The highest BCUT2D eigenvalue weighted by Gasteiger charge is 2.32. The van der Waals surface area contributed by atoms with Crippen LogP contribution in [0, 0.1) is 0 Å². The van der Waals surface area contributed by atoms with Gasteiger partial charge in [-0.05, 0) is 33.9 Å². The average Bonchev–Trinajstić information content (AvgIpc) is 3.35. The van der Waals surface area contributed by atoms with Crippen molar-refractivity contribution in [3.63, 3.8) is 0 Å². The molecular weight excluding hydrogens is 428 g/mol. The zero-order valence-electron chi connectivity index (χ0n) is 19.1. The lowest BCUT2D eigenvalue weighted by Crippen LogP contribution is -2.44. The summed E-state index contributed by atoms with van der Waals surface area (Å²) >= 11 is 0. The number of para-hydroxylation sites is 1. The summed E-state index contributed by atoms with van der Waals surface area (Å²) < 4.78 is 7.65. The number of nitrogens with zero attached hydrogens (tertiary/aromatic N) is 2. The van der Waals surface area contributed by atoms with Gasteiger partial charge in [0.15, 0.2) is 0 Å². The molecule has 4 aromatic rings. The van der Waals surface area contributed by atoms with Crippen LogP contribution in [0.2, 0.25) is 0 Å². The lowest BCUT2D eigenvalue weighted by molar-refractivity contribution is -0.142. The molecule has 0 fully saturated rings. The number of aliphatic carboxylic acids is 1. The number of aryl methyl sites for hydroxylation is 1. The second-order valence-electron chi connectivity index (χ2n) is 8.76. The molecule has 1 heterocycles. The van der Waals surface area contributed by atoms with Gasteiger partial charge in [-0.25, -0.2) is 9.59 Å². The molecule has 3 aromatic carbocycles. The topological polar surface area (TPSA) is 71.8 Å². The number of carbonyl (C=O) groups is 2. The van der Waals surface area contributed by atoms with Crippen molar-refractivity contribution < 1.29 is 19.4 Å². The van der Waals surface area contributed by atoms with Gasteiger partial charge in [-0.15, -0.1) is 0 Å². The maximum Gasteiger partial charge on any atom is 0.410 e. The highest BCUT2D eigenvalue weighted by atomic mass is 16.6. The van der Waals surface area contributed by atoms with Crippen molar-refractivity contribution in [2.75, 3.05) is 13.7 Å². The van der Waals surface area contributed by atoms with Crippen molar-refractivity contribution in [2.45, 2.75) is 18.4 Å². The first-order valence-corrected chi connectivity index (χ1v) is 11.3. The second kappa shape index (κ2) is 8.71. The number of likely N-dealkylation sites (N-methyl/N-ethyl adjacent to an activating group) is 1. The first-order chi connectivity index (χ1) is 16.5. The number of fused-ring (bicyclic) bond motifs is 4. The standard InChI is InChI=1S/C28H26N2O4/c1-29-16-18(19-9-7-8-14-25(19)29)15-26(27(31)32)30(2)28(33)34-17-24-22-12-5-3-10-20(22)21-11-4-6-13-23(21)24/h3-14,16,24,26H,15,17H2,1-2H3,(H,31,32). The number of rotatable bonds is 6. The normalized spacial score (nSPS) is 13.4. The monoisotopic (exact) mass is 454 g/mol. The highest BCUT2D eigenvalue weighted by Crippen LogP contribution is 2.44. The molecule has 1 aliphatic carbocycles. The fraction of sp³-hybridized carbons (Fsp3) is 0.214. The molecule has 1 amide bonds. The molecule has 1 aromatic heterocycles. The van der Waals surface area contributed by atoms with E-state index in [1.54, 1.807) is 0 Å². The number of amides is 1. The largest absolute Gasteiger partial charge is 0.480 e. The molecule has 0 saturated carbocycles. The number of aromatic nitrogens is 1. The van der Waals surface area contributed by atoms with Crippen molar-refractivity contribution in [1.29, 1.82) is 0 Å². The zero-order valence-corrected chi connectivity index (χ0v) is 19.1. The van der Waals surface area contributed by atoms with Gasteiger partial charge < -0.3 is 14.4 Å². The van der Waals surface area contributed by atoms with Gasteiger partial charge in [0.1, 0.15) is 12.6 Å². The predicted molar refractivity (Wildman–Crippen MR) is 131 cm³/mol. The van der Waals surface area contributed by atoms with Crippen LogP contribution in [0.3, 0.4) is 0 Å². The first-order valence-electron chi connectivity index (χ1n) is 11.3. The Labute approximate surface area is 198 Å². The lowest BCUT2D eigenvalue weighted by Gasteiger charge is -2.25. The Hall–Kier alpha value is -4.06. The summed E-state index contributed by atoms with van der Waals surface area (Å²) in [6, 6.07) is 23.0. The van der Waals surface area contributed by atoms with E-state index < -0.39 is 18.1 Å². The Morgan fingerprint density at radius 2 is 1.56 bits per heavy atom. The van der Waals surface area contributed by atoms with Gasteiger partial charge in [-0.2, -0.15) is 0 Å². The summed E-state index contributed by atoms with van der Waals surface area (Å²) in [7, 11) is 3.42.